The molecule has 0 spiro atoms. The maximum absolute atomic E-state index is 12.1. The van der Waals surface area contributed by atoms with Crippen LogP contribution in [0, 0.1) is 6.92 Å². The number of aryl methyl sites for hydroxylation is 2. The van der Waals surface area contributed by atoms with Crippen LogP contribution in [-0.2, 0) is 11.3 Å². The zero-order valence-corrected chi connectivity index (χ0v) is 13.3. The van der Waals surface area contributed by atoms with Gasteiger partial charge in [-0.1, -0.05) is 12.1 Å². The number of anilines is 1. The quantitative estimate of drug-likeness (QED) is 0.756. The Kier molecular flexibility index (Phi) is 4.29. The van der Waals surface area contributed by atoms with E-state index in [0.29, 0.717) is 24.2 Å². The molecule has 0 saturated carbocycles. The van der Waals surface area contributed by atoms with Crippen molar-refractivity contribution in [3.05, 3.63) is 59.8 Å². The van der Waals surface area contributed by atoms with Crippen molar-refractivity contribution in [2.75, 3.05) is 5.32 Å². The molecule has 0 atom stereocenters. The van der Waals surface area contributed by atoms with E-state index >= 15 is 0 Å². The summed E-state index contributed by atoms with van der Waals surface area (Å²) in [7, 11) is 0. The number of fused-ring (bicyclic) bond motifs is 1. The van der Waals surface area contributed by atoms with Crippen molar-refractivity contribution >= 4 is 28.4 Å². The maximum atomic E-state index is 12.1. The van der Waals surface area contributed by atoms with E-state index < -0.39 is 5.91 Å². The lowest BCUT2D eigenvalue weighted by atomic mass is 10.1. The van der Waals surface area contributed by atoms with Gasteiger partial charge in [-0.15, -0.1) is 0 Å². The van der Waals surface area contributed by atoms with Crippen molar-refractivity contribution in [1.29, 1.82) is 0 Å². The predicted molar refractivity (Wildman–Crippen MR) is 92.7 cm³/mol. The van der Waals surface area contributed by atoms with Crippen LogP contribution in [0.4, 0.5) is 5.69 Å². The molecule has 0 unspecified atom stereocenters. The van der Waals surface area contributed by atoms with E-state index in [4.69, 9.17) is 5.73 Å². The van der Waals surface area contributed by atoms with Crippen molar-refractivity contribution < 1.29 is 9.59 Å². The summed E-state index contributed by atoms with van der Waals surface area (Å²) in [5.41, 5.74) is 8.41. The highest BCUT2D eigenvalue weighted by Gasteiger charge is 2.08. The van der Waals surface area contributed by atoms with Gasteiger partial charge in [-0.25, -0.2) is 0 Å². The summed E-state index contributed by atoms with van der Waals surface area (Å²) in [6, 6.07) is 12.5. The summed E-state index contributed by atoms with van der Waals surface area (Å²) in [5, 5.41) is 8.25. The Balaban J connectivity index is 1.62. The first kappa shape index (κ1) is 15.7. The molecule has 0 saturated heterocycles. The molecule has 122 valence electrons. The molecule has 6 nitrogen and oxygen atoms in total. The molecule has 0 aliphatic rings. The Bertz CT molecular complexity index is 897. The predicted octanol–water partition coefficient (Wildman–Crippen LogP) is 2.47. The molecule has 0 aliphatic carbocycles. The molecule has 0 aliphatic heterocycles. The van der Waals surface area contributed by atoms with E-state index in [0.717, 1.165) is 16.5 Å². The molecule has 24 heavy (non-hydrogen) atoms. The number of hydrogen-bond donors (Lipinski definition) is 2. The van der Waals surface area contributed by atoms with Crippen LogP contribution >= 0.6 is 0 Å². The maximum Gasteiger partial charge on any atom is 0.248 e. The largest absolute Gasteiger partial charge is 0.366 e. The first-order valence-electron chi connectivity index (χ1n) is 7.65. The minimum Gasteiger partial charge on any atom is -0.366 e. The van der Waals surface area contributed by atoms with Gasteiger partial charge < -0.3 is 11.1 Å². The molecule has 0 fully saturated rings. The summed E-state index contributed by atoms with van der Waals surface area (Å²) >= 11 is 0. The van der Waals surface area contributed by atoms with Crippen LogP contribution in [0.25, 0.3) is 10.9 Å². The molecular formula is C18H18N4O2. The van der Waals surface area contributed by atoms with E-state index in [1.54, 1.807) is 24.3 Å². The third kappa shape index (κ3) is 3.27. The van der Waals surface area contributed by atoms with Crippen LogP contribution < -0.4 is 11.1 Å². The summed E-state index contributed by atoms with van der Waals surface area (Å²) in [4.78, 5) is 23.1. The Morgan fingerprint density at radius 2 is 1.92 bits per heavy atom. The number of nitrogens with one attached hydrogen (secondary N) is 1. The highest BCUT2D eigenvalue weighted by molar-refractivity contribution is 5.94. The van der Waals surface area contributed by atoms with Crippen LogP contribution in [0.15, 0.2) is 48.7 Å². The SMILES string of the molecule is Cc1cccc2c1cnn2CCC(=O)Nc1ccc(C(N)=O)cc1. The van der Waals surface area contributed by atoms with Gasteiger partial charge in [-0.3, -0.25) is 14.3 Å². The first-order chi connectivity index (χ1) is 11.5. The second-order valence-corrected chi connectivity index (χ2v) is 5.62. The Morgan fingerprint density at radius 1 is 1.17 bits per heavy atom. The average Bonchev–Trinajstić information content (AvgIpc) is 2.98. The van der Waals surface area contributed by atoms with E-state index in [-0.39, 0.29) is 5.91 Å². The summed E-state index contributed by atoms with van der Waals surface area (Å²) in [6.45, 7) is 2.54. The van der Waals surface area contributed by atoms with Gasteiger partial charge >= 0.3 is 0 Å². The lowest BCUT2D eigenvalue weighted by molar-refractivity contribution is -0.116. The molecule has 3 rings (SSSR count). The van der Waals surface area contributed by atoms with E-state index in [1.807, 2.05) is 36.0 Å². The van der Waals surface area contributed by atoms with Crippen LogP contribution in [0.3, 0.4) is 0 Å². The molecule has 3 N–H and O–H groups in total. The van der Waals surface area contributed by atoms with Crippen molar-refractivity contribution in [1.82, 2.24) is 9.78 Å². The number of carbonyl (C=O) groups excluding carboxylic acids is 2. The zero-order chi connectivity index (χ0) is 17.1. The number of benzene rings is 2. The average molecular weight is 322 g/mol. The lowest BCUT2D eigenvalue weighted by Gasteiger charge is -2.07. The van der Waals surface area contributed by atoms with Gasteiger partial charge in [0.2, 0.25) is 11.8 Å². The van der Waals surface area contributed by atoms with Gasteiger partial charge in [0.05, 0.1) is 18.3 Å². The van der Waals surface area contributed by atoms with Crippen LogP contribution in [0.5, 0.6) is 0 Å². The second kappa shape index (κ2) is 6.54. The van der Waals surface area contributed by atoms with Crippen molar-refractivity contribution in [3.8, 4) is 0 Å². The second-order valence-electron chi connectivity index (χ2n) is 5.62. The van der Waals surface area contributed by atoms with Gasteiger partial charge in [0.25, 0.3) is 0 Å². The number of nitrogens with two attached hydrogens (primary N) is 1. The lowest BCUT2D eigenvalue weighted by Crippen LogP contribution is -2.15. The van der Waals surface area contributed by atoms with E-state index in [2.05, 4.69) is 10.4 Å². The Hall–Kier alpha value is -3.15. The third-order valence-electron chi connectivity index (χ3n) is 3.91. The van der Waals surface area contributed by atoms with Gasteiger partial charge in [0, 0.05) is 23.1 Å². The fourth-order valence-corrected chi connectivity index (χ4v) is 2.57. The van der Waals surface area contributed by atoms with Gasteiger partial charge in [-0.05, 0) is 42.8 Å². The van der Waals surface area contributed by atoms with Gasteiger partial charge in [-0.2, -0.15) is 5.10 Å². The molecule has 0 bridgehead atoms. The number of nitrogens with zero attached hydrogens (tertiary/aromatic N) is 2. The number of aromatic nitrogens is 2. The molecule has 6 heteroatoms. The summed E-state index contributed by atoms with van der Waals surface area (Å²) < 4.78 is 1.83. The topological polar surface area (TPSA) is 90.0 Å². The molecule has 1 heterocycles. The normalized spacial score (nSPS) is 10.7. The number of primary amides is 1. The van der Waals surface area contributed by atoms with Crippen molar-refractivity contribution in [2.24, 2.45) is 5.73 Å². The Morgan fingerprint density at radius 3 is 2.62 bits per heavy atom. The van der Waals surface area contributed by atoms with Crippen molar-refractivity contribution in [3.63, 3.8) is 0 Å². The molecule has 1 aromatic heterocycles. The Labute approximate surface area is 139 Å². The third-order valence-corrected chi connectivity index (χ3v) is 3.91. The fraction of sp³-hybridized carbons (Fsp3) is 0.167. The molecule has 0 radical (unpaired) electrons. The van der Waals surface area contributed by atoms with E-state index in [1.165, 1.54) is 0 Å². The standard InChI is InChI=1S/C18H18N4O2/c1-12-3-2-4-16-15(12)11-20-22(16)10-9-17(23)21-14-7-5-13(6-8-14)18(19)24/h2-8,11H,9-10H2,1H3,(H2,19,24)(H,21,23). The molecule has 3 aromatic rings. The number of carbonyl (C=O) groups is 2. The minimum absolute atomic E-state index is 0.113. The monoisotopic (exact) mass is 322 g/mol. The molecule has 2 aromatic carbocycles. The fourth-order valence-electron chi connectivity index (χ4n) is 2.57. The van der Waals surface area contributed by atoms with Gasteiger partial charge in [0.1, 0.15) is 0 Å². The first-order valence-corrected chi connectivity index (χ1v) is 7.65. The molecular weight excluding hydrogens is 304 g/mol. The highest BCUT2D eigenvalue weighted by atomic mass is 16.2. The number of hydrogen-bond acceptors (Lipinski definition) is 3. The smallest absolute Gasteiger partial charge is 0.248 e. The molecule has 2 amide bonds. The van der Waals surface area contributed by atoms with E-state index in [9.17, 15) is 9.59 Å². The summed E-state index contributed by atoms with van der Waals surface area (Å²) in [6.07, 6.45) is 2.13. The summed E-state index contributed by atoms with van der Waals surface area (Å²) in [5.74, 6) is -0.605. The van der Waals surface area contributed by atoms with Crippen molar-refractivity contribution in [2.45, 2.75) is 19.9 Å². The van der Waals surface area contributed by atoms with Crippen LogP contribution in [0.2, 0.25) is 0 Å². The zero-order valence-electron chi connectivity index (χ0n) is 13.3. The minimum atomic E-state index is -0.492. The van der Waals surface area contributed by atoms with Gasteiger partial charge in [0.15, 0.2) is 0 Å². The number of amides is 2. The number of rotatable bonds is 5. The van der Waals surface area contributed by atoms with Crippen LogP contribution in [-0.4, -0.2) is 21.6 Å². The van der Waals surface area contributed by atoms with Crippen LogP contribution in [0.1, 0.15) is 22.3 Å². The highest BCUT2D eigenvalue weighted by Crippen LogP contribution is 2.18.